The summed E-state index contributed by atoms with van der Waals surface area (Å²) in [5.41, 5.74) is 9.06. The van der Waals surface area contributed by atoms with Crippen molar-refractivity contribution < 1.29 is 4.39 Å². The van der Waals surface area contributed by atoms with Crippen molar-refractivity contribution >= 4 is 28.4 Å². The normalized spacial score (nSPS) is 10.8. The van der Waals surface area contributed by atoms with Gasteiger partial charge in [0.2, 0.25) is 0 Å². The maximum absolute atomic E-state index is 13.0. The van der Waals surface area contributed by atoms with Gasteiger partial charge in [-0.15, -0.1) is 0 Å². The molecule has 0 saturated heterocycles. The molecular formula is C16H13FIN3. The van der Waals surface area contributed by atoms with Crippen LogP contribution in [0.1, 0.15) is 11.1 Å². The highest BCUT2D eigenvalue weighted by molar-refractivity contribution is 14.1. The summed E-state index contributed by atoms with van der Waals surface area (Å²) in [5, 5.41) is 4.30. The van der Waals surface area contributed by atoms with Crippen molar-refractivity contribution in [3.05, 3.63) is 75.2 Å². The Labute approximate surface area is 135 Å². The van der Waals surface area contributed by atoms with Crippen LogP contribution in [-0.2, 0) is 6.42 Å². The summed E-state index contributed by atoms with van der Waals surface area (Å²) < 4.78 is 15.8. The Balaban J connectivity index is 1.90. The van der Waals surface area contributed by atoms with Crippen LogP contribution in [0.4, 0.5) is 10.2 Å². The highest BCUT2D eigenvalue weighted by Gasteiger charge is 2.10. The van der Waals surface area contributed by atoms with Crippen molar-refractivity contribution in [2.75, 3.05) is 5.73 Å². The molecule has 0 bridgehead atoms. The van der Waals surface area contributed by atoms with E-state index >= 15 is 0 Å². The predicted molar refractivity (Wildman–Crippen MR) is 89.9 cm³/mol. The molecule has 21 heavy (non-hydrogen) atoms. The maximum Gasteiger partial charge on any atom is 0.130 e. The zero-order valence-electron chi connectivity index (χ0n) is 11.1. The number of rotatable bonds is 3. The molecule has 5 heteroatoms. The van der Waals surface area contributed by atoms with Crippen LogP contribution in [-0.4, -0.2) is 9.78 Å². The van der Waals surface area contributed by atoms with E-state index in [4.69, 9.17) is 5.73 Å². The number of aromatic nitrogens is 2. The van der Waals surface area contributed by atoms with E-state index in [9.17, 15) is 4.39 Å². The first-order valence-corrected chi connectivity index (χ1v) is 7.54. The second-order valence-electron chi connectivity index (χ2n) is 4.75. The van der Waals surface area contributed by atoms with Crippen molar-refractivity contribution in [2.24, 2.45) is 0 Å². The van der Waals surface area contributed by atoms with E-state index in [0.29, 0.717) is 5.82 Å². The zero-order chi connectivity index (χ0) is 14.8. The molecule has 0 radical (unpaired) electrons. The molecule has 3 nitrogen and oxygen atoms in total. The van der Waals surface area contributed by atoms with Crippen LogP contribution >= 0.6 is 22.6 Å². The number of hydrogen-bond acceptors (Lipinski definition) is 2. The standard InChI is InChI=1S/C16H13FIN3/c17-13-4-6-15(7-5-13)21-16(19)12(10-20-21)8-11-2-1-3-14(18)9-11/h1-7,9-10H,8,19H2. The third kappa shape index (κ3) is 3.07. The van der Waals surface area contributed by atoms with Crippen molar-refractivity contribution in [1.29, 1.82) is 0 Å². The molecule has 106 valence electrons. The molecule has 0 fully saturated rings. The molecule has 3 rings (SSSR count). The minimum absolute atomic E-state index is 0.274. The van der Waals surface area contributed by atoms with E-state index in [1.54, 1.807) is 23.0 Å². The van der Waals surface area contributed by atoms with Gasteiger partial charge in [0.15, 0.2) is 0 Å². The van der Waals surface area contributed by atoms with Crippen LogP contribution in [0.25, 0.3) is 5.69 Å². The van der Waals surface area contributed by atoms with Gasteiger partial charge in [-0.2, -0.15) is 5.10 Å². The largest absolute Gasteiger partial charge is 0.383 e. The van der Waals surface area contributed by atoms with Gasteiger partial charge in [-0.25, -0.2) is 9.07 Å². The van der Waals surface area contributed by atoms with Gasteiger partial charge < -0.3 is 5.73 Å². The summed E-state index contributed by atoms with van der Waals surface area (Å²) in [4.78, 5) is 0. The van der Waals surface area contributed by atoms with Gasteiger partial charge in [-0.3, -0.25) is 0 Å². The molecular weight excluding hydrogens is 380 g/mol. The third-order valence-electron chi connectivity index (χ3n) is 3.24. The molecule has 0 spiro atoms. The van der Waals surface area contributed by atoms with Crippen LogP contribution in [0.2, 0.25) is 0 Å². The second-order valence-corrected chi connectivity index (χ2v) is 6.00. The Hall–Kier alpha value is -1.89. The van der Waals surface area contributed by atoms with Gasteiger partial charge in [0, 0.05) is 15.6 Å². The smallest absolute Gasteiger partial charge is 0.130 e. The molecule has 2 aromatic carbocycles. The number of nitrogen functional groups attached to an aromatic ring is 1. The van der Waals surface area contributed by atoms with Gasteiger partial charge in [0.1, 0.15) is 11.6 Å². The first-order valence-electron chi connectivity index (χ1n) is 6.46. The lowest BCUT2D eigenvalue weighted by molar-refractivity contribution is 0.627. The Morgan fingerprint density at radius 3 is 2.62 bits per heavy atom. The molecule has 0 aliphatic rings. The summed E-state index contributed by atoms with van der Waals surface area (Å²) in [5.74, 6) is 0.309. The fourth-order valence-electron chi connectivity index (χ4n) is 2.18. The minimum Gasteiger partial charge on any atom is -0.383 e. The average molecular weight is 393 g/mol. The lowest BCUT2D eigenvalue weighted by Crippen LogP contribution is -2.03. The van der Waals surface area contributed by atoms with Crippen LogP contribution in [0.15, 0.2) is 54.7 Å². The molecule has 1 heterocycles. The number of anilines is 1. The second kappa shape index (κ2) is 5.85. The van der Waals surface area contributed by atoms with E-state index in [1.807, 2.05) is 6.07 Å². The van der Waals surface area contributed by atoms with E-state index in [-0.39, 0.29) is 5.82 Å². The third-order valence-corrected chi connectivity index (χ3v) is 3.91. The van der Waals surface area contributed by atoms with Crippen molar-refractivity contribution in [2.45, 2.75) is 6.42 Å². The van der Waals surface area contributed by atoms with Gasteiger partial charge in [0.05, 0.1) is 11.9 Å². The highest BCUT2D eigenvalue weighted by atomic mass is 127. The van der Waals surface area contributed by atoms with Crippen molar-refractivity contribution in [3.8, 4) is 5.69 Å². The average Bonchev–Trinajstić information content (AvgIpc) is 2.81. The summed E-state index contributed by atoms with van der Waals surface area (Å²) in [6, 6.07) is 14.4. The first kappa shape index (κ1) is 14.1. The van der Waals surface area contributed by atoms with Gasteiger partial charge in [-0.05, 0) is 64.6 Å². The van der Waals surface area contributed by atoms with E-state index in [2.05, 4.69) is 45.9 Å². The minimum atomic E-state index is -0.274. The summed E-state index contributed by atoms with van der Waals surface area (Å²) in [7, 11) is 0. The SMILES string of the molecule is Nc1c(Cc2cccc(I)c2)cnn1-c1ccc(F)cc1. The number of hydrogen-bond donors (Lipinski definition) is 1. The molecule has 0 aliphatic carbocycles. The first-order chi connectivity index (χ1) is 10.1. The molecule has 0 saturated carbocycles. The summed E-state index contributed by atoms with van der Waals surface area (Å²) >= 11 is 2.29. The number of benzene rings is 2. The van der Waals surface area contributed by atoms with Crippen LogP contribution in [0.5, 0.6) is 0 Å². The van der Waals surface area contributed by atoms with Crippen molar-refractivity contribution in [3.63, 3.8) is 0 Å². The Kier molecular flexibility index (Phi) is 3.92. The summed E-state index contributed by atoms with van der Waals surface area (Å²) in [6.07, 6.45) is 2.49. The molecule has 0 unspecified atom stereocenters. The quantitative estimate of drug-likeness (QED) is 0.689. The van der Waals surface area contributed by atoms with E-state index < -0.39 is 0 Å². The zero-order valence-corrected chi connectivity index (χ0v) is 13.3. The fraction of sp³-hybridized carbons (Fsp3) is 0.0625. The van der Waals surface area contributed by atoms with E-state index in [0.717, 1.165) is 17.7 Å². The van der Waals surface area contributed by atoms with Gasteiger partial charge >= 0.3 is 0 Å². The number of halogens is 2. The van der Waals surface area contributed by atoms with Gasteiger partial charge in [0.25, 0.3) is 0 Å². The van der Waals surface area contributed by atoms with Crippen LogP contribution < -0.4 is 5.73 Å². The molecule has 2 N–H and O–H groups in total. The van der Waals surface area contributed by atoms with Crippen LogP contribution in [0, 0.1) is 9.39 Å². The number of nitrogens with two attached hydrogens (primary N) is 1. The molecule has 0 atom stereocenters. The Bertz CT molecular complexity index is 765. The van der Waals surface area contributed by atoms with Crippen molar-refractivity contribution in [1.82, 2.24) is 9.78 Å². The fourth-order valence-corrected chi connectivity index (χ4v) is 2.79. The van der Waals surface area contributed by atoms with E-state index in [1.165, 1.54) is 21.3 Å². The lowest BCUT2D eigenvalue weighted by Gasteiger charge is -2.05. The lowest BCUT2D eigenvalue weighted by atomic mass is 10.1. The molecule has 0 aliphatic heterocycles. The maximum atomic E-state index is 13.0. The molecule has 1 aromatic heterocycles. The van der Waals surface area contributed by atoms with Crippen LogP contribution in [0.3, 0.4) is 0 Å². The Morgan fingerprint density at radius 1 is 1.14 bits per heavy atom. The Morgan fingerprint density at radius 2 is 1.90 bits per heavy atom. The summed E-state index contributed by atoms with van der Waals surface area (Å²) in [6.45, 7) is 0. The number of nitrogens with zero attached hydrogens (tertiary/aromatic N) is 2. The monoisotopic (exact) mass is 393 g/mol. The predicted octanol–water partition coefficient (Wildman–Crippen LogP) is 3.79. The topological polar surface area (TPSA) is 43.8 Å². The van der Waals surface area contributed by atoms with Gasteiger partial charge in [-0.1, -0.05) is 12.1 Å². The highest BCUT2D eigenvalue weighted by Crippen LogP contribution is 2.21. The molecule has 0 amide bonds. The molecule has 3 aromatic rings.